The van der Waals surface area contributed by atoms with Crippen LogP contribution in [0.15, 0.2) is 71.7 Å². The maximum absolute atomic E-state index is 11.2. The van der Waals surface area contributed by atoms with Crippen molar-refractivity contribution in [2.24, 2.45) is 0 Å². The molecule has 0 unspecified atom stereocenters. The molecule has 8 heteroatoms. The van der Waals surface area contributed by atoms with Crippen molar-refractivity contribution in [1.82, 2.24) is 15.0 Å². The highest BCUT2D eigenvalue weighted by atomic mass is 16.5. The van der Waals surface area contributed by atoms with Crippen LogP contribution in [0.2, 0.25) is 0 Å². The van der Waals surface area contributed by atoms with E-state index in [0.29, 0.717) is 30.4 Å². The molecule has 0 bridgehead atoms. The van der Waals surface area contributed by atoms with E-state index in [0.717, 1.165) is 28.1 Å². The van der Waals surface area contributed by atoms with Gasteiger partial charge in [0.05, 0.1) is 12.3 Å². The summed E-state index contributed by atoms with van der Waals surface area (Å²) < 4.78 is 17.2. The smallest absolute Gasteiger partial charge is 0.347 e. The van der Waals surface area contributed by atoms with Crippen molar-refractivity contribution < 1.29 is 23.8 Å². The standard InChI is InChI=1S/C26H25N3O5/c1-17-23(12-13-32-21-8-10-22(11-9-21)34-26(2,3)25(30)31)29-24(33-17)19-6-4-18(5-7-19)20-14-27-16-28-15-20/h4-11,14-16H,12-13H2,1-3H3,(H,30,31). The number of rotatable bonds is 9. The zero-order valence-corrected chi connectivity index (χ0v) is 19.2. The number of nitrogens with zero attached hydrogens (tertiary/aromatic N) is 3. The van der Waals surface area contributed by atoms with Crippen LogP contribution >= 0.6 is 0 Å². The number of carbonyl (C=O) groups is 1. The van der Waals surface area contributed by atoms with Gasteiger partial charge in [-0.1, -0.05) is 12.1 Å². The average molecular weight is 460 g/mol. The van der Waals surface area contributed by atoms with Crippen LogP contribution in [0.25, 0.3) is 22.6 Å². The molecule has 0 aliphatic carbocycles. The van der Waals surface area contributed by atoms with Crippen LogP contribution in [0.5, 0.6) is 11.5 Å². The van der Waals surface area contributed by atoms with Crippen molar-refractivity contribution in [2.45, 2.75) is 32.8 Å². The lowest BCUT2D eigenvalue weighted by atomic mass is 10.1. The van der Waals surface area contributed by atoms with E-state index in [1.54, 1.807) is 36.7 Å². The van der Waals surface area contributed by atoms with Gasteiger partial charge < -0.3 is 19.0 Å². The lowest BCUT2D eigenvalue weighted by Gasteiger charge is -2.21. The van der Waals surface area contributed by atoms with E-state index in [1.165, 1.54) is 20.2 Å². The first kappa shape index (κ1) is 23.0. The predicted octanol–water partition coefficient (Wildman–Crippen LogP) is 4.97. The monoisotopic (exact) mass is 459 g/mol. The molecule has 2 heterocycles. The Hall–Kier alpha value is -4.20. The number of aryl methyl sites for hydroxylation is 1. The number of hydrogen-bond acceptors (Lipinski definition) is 7. The maximum Gasteiger partial charge on any atom is 0.347 e. The number of carboxylic acids is 1. The van der Waals surface area contributed by atoms with Crippen molar-refractivity contribution in [1.29, 1.82) is 0 Å². The van der Waals surface area contributed by atoms with E-state index < -0.39 is 11.6 Å². The first-order valence-corrected chi connectivity index (χ1v) is 10.8. The minimum absolute atomic E-state index is 0.417. The normalized spacial score (nSPS) is 11.3. The molecule has 8 nitrogen and oxygen atoms in total. The first-order chi connectivity index (χ1) is 16.3. The molecule has 0 amide bonds. The predicted molar refractivity (Wildman–Crippen MR) is 126 cm³/mol. The summed E-state index contributed by atoms with van der Waals surface area (Å²) in [5.74, 6) is 1.39. The third-order valence-corrected chi connectivity index (χ3v) is 5.24. The van der Waals surface area contributed by atoms with E-state index in [-0.39, 0.29) is 0 Å². The number of carboxylic acid groups (broad SMARTS) is 1. The van der Waals surface area contributed by atoms with Crippen molar-refractivity contribution in [3.63, 3.8) is 0 Å². The number of oxazole rings is 1. The van der Waals surface area contributed by atoms with Crippen LogP contribution in [0.1, 0.15) is 25.3 Å². The molecule has 0 aliphatic rings. The van der Waals surface area contributed by atoms with Crippen LogP contribution in [-0.2, 0) is 11.2 Å². The molecule has 0 aliphatic heterocycles. The quantitative estimate of drug-likeness (QED) is 0.374. The van der Waals surface area contributed by atoms with E-state index in [9.17, 15) is 9.90 Å². The second-order valence-electron chi connectivity index (χ2n) is 8.21. The number of benzene rings is 2. The molecule has 0 atom stereocenters. The minimum Gasteiger partial charge on any atom is -0.493 e. The molecule has 34 heavy (non-hydrogen) atoms. The van der Waals surface area contributed by atoms with Gasteiger partial charge in [0.1, 0.15) is 23.6 Å². The second-order valence-corrected chi connectivity index (χ2v) is 8.21. The van der Waals surface area contributed by atoms with Gasteiger partial charge in [-0.2, -0.15) is 0 Å². The van der Waals surface area contributed by atoms with Crippen molar-refractivity contribution in [2.75, 3.05) is 6.61 Å². The Balaban J connectivity index is 1.34. The zero-order valence-electron chi connectivity index (χ0n) is 19.2. The van der Waals surface area contributed by atoms with Gasteiger partial charge in [-0.25, -0.2) is 19.7 Å². The summed E-state index contributed by atoms with van der Waals surface area (Å²) in [5, 5.41) is 9.17. The molecule has 0 saturated carbocycles. The molecule has 0 spiro atoms. The van der Waals surface area contributed by atoms with Crippen molar-refractivity contribution in [3.8, 4) is 34.1 Å². The van der Waals surface area contributed by atoms with Crippen LogP contribution in [-0.4, -0.2) is 38.2 Å². The molecule has 0 fully saturated rings. The summed E-state index contributed by atoms with van der Waals surface area (Å²) in [4.78, 5) is 23.9. The highest BCUT2D eigenvalue weighted by molar-refractivity contribution is 5.76. The van der Waals surface area contributed by atoms with Gasteiger partial charge in [-0.05, 0) is 62.7 Å². The Morgan fingerprint density at radius 1 is 0.941 bits per heavy atom. The van der Waals surface area contributed by atoms with Gasteiger partial charge in [-0.15, -0.1) is 0 Å². The molecule has 174 valence electrons. The lowest BCUT2D eigenvalue weighted by molar-refractivity contribution is -0.152. The fourth-order valence-corrected chi connectivity index (χ4v) is 3.24. The van der Waals surface area contributed by atoms with Crippen LogP contribution in [0.3, 0.4) is 0 Å². The summed E-state index contributed by atoms with van der Waals surface area (Å²) >= 11 is 0. The Kier molecular flexibility index (Phi) is 6.58. The number of aromatic nitrogens is 3. The van der Waals surface area contributed by atoms with E-state index in [4.69, 9.17) is 13.9 Å². The van der Waals surface area contributed by atoms with Crippen molar-refractivity contribution in [3.05, 3.63) is 78.7 Å². The van der Waals surface area contributed by atoms with Gasteiger partial charge in [0, 0.05) is 29.9 Å². The molecule has 1 N–H and O–H groups in total. The third-order valence-electron chi connectivity index (χ3n) is 5.24. The van der Waals surface area contributed by atoms with Gasteiger partial charge in [0.15, 0.2) is 5.60 Å². The summed E-state index contributed by atoms with van der Waals surface area (Å²) in [5.41, 5.74) is 2.38. The number of ether oxygens (including phenoxy) is 2. The lowest BCUT2D eigenvalue weighted by Crippen LogP contribution is -2.37. The minimum atomic E-state index is -1.30. The van der Waals surface area contributed by atoms with Crippen LogP contribution in [0, 0.1) is 6.92 Å². The molecule has 2 aromatic carbocycles. The van der Waals surface area contributed by atoms with Gasteiger partial charge >= 0.3 is 5.97 Å². The fourth-order valence-electron chi connectivity index (χ4n) is 3.24. The third kappa shape index (κ3) is 5.40. The molecular formula is C26H25N3O5. The highest BCUT2D eigenvalue weighted by Crippen LogP contribution is 2.26. The van der Waals surface area contributed by atoms with E-state index in [1.807, 2.05) is 31.2 Å². The van der Waals surface area contributed by atoms with Gasteiger partial charge in [0.2, 0.25) is 5.89 Å². The number of hydrogen-bond donors (Lipinski definition) is 1. The van der Waals surface area contributed by atoms with Crippen LogP contribution in [0.4, 0.5) is 0 Å². The van der Waals surface area contributed by atoms with Gasteiger partial charge in [0.25, 0.3) is 0 Å². The van der Waals surface area contributed by atoms with Crippen LogP contribution < -0.4 is 9.47 Å². The summed E-state index contributed by atoms with van der Waals surface area (Å²) in [6.45, 7) is 5.31. The molecule has 2 aromatic heterocycles. The zero-order chi connectivity index (χ0) is 24.1. The molecule has 0 saturated heterocycles. The Bertz CT molecular complexity index is 1250. The average Bonchev–Trinajstić information content (AvgIpc) is 3.21. The highest BCUT2D eigenvalue weighted by Gasteiger charge is 2.29. The molecule has 0 radical (unpaired) electrons. The van der Waals surface area contributed by atoms with E-state index >= 15 is 0 Å². The Morgan fingerprint density at radius 3 is 2.21 bits per heavy atom. The maximum atomic E-state index is 11.2. The molecular weight excluding hydrogens is 434 g/mol. The number of aliphatic carboxylic acids is 1. The Labute approximate surface area is 197 Å². The fraction of sp³-hybridized carbons (Fsp3) is 0.231. The van der Waals surface area contributed by atoms with Gasteiger partial charge in [-0.3, -0.25) is 0 Å². The largest absolute Gasteiger partial charge is 0.493 e. The topological polar surface area (TPSA) is 108 Å². The Morgan fingerprint density at radius 2 is 1.56 bits per heavy atom. The summed E-state index contributed by atoms with van der Waals surface area (Å²) in [6.07, 6.45) is 5.63. The summed E-state index contributed by atoms with van der Waals surface area (Å²) in [7, 11) is 0. The van der Waals surface area contributed by atoms with Crippen molar-refractivity contribution >= 4 is 5.97 Å². The SMILES string of the molecule is Cc1oc(-c2ccc(-c3cncnc3)cc2)nc1CCOc1ccc(OC(C)(C)C(=O)O)cc1. The summed E-state index contributed by atoms with van der Waals surface area (Å²) in [6, 6.07) is 14.8. The molecule has 4 aromatic rings. The first-order valence-electron chi connectivity index (χ1n) is 10.8. The van der Waals surface area contributed by atoms with E-state index in [2.05, 4.69) is 15.0 Å². The second kappa shape index (κ2) is 9.74. The molecule has 4 rings (SSSR count).